The van der Waals surface area contributed by atoms with Crippen LogP contribution >= 0.6 is 0 Å². The Morgan fingerprint density at radius 3 is 2.31 bits per heavy atom. The molecule has 0 saturated heterocycles. The lowest BCUT2D eigenvalue weighted by Gasteiger charge is -2.22. The maximum atomic E-state index is 13.0. The molecule has 0 aliphatic heterocycles. The number of anilines is 2. The van der Waals surface area contributed by atoms with Crippen LogP contribution in [0.4, 0.5) is 11.5 Å². The first-order valence-electron chi connectivity index (χ1n) is 9.45. The Hall–Kier alpha value is -3.06. The van der Waals surface area contributed by atoms with Gasteiger partial charge in [-0.1, -0.05) is 30.3 Å². The van der Waals surface area contributed by atoms with Gasteiger partial charge in [0.1, 0.15) is 16.5 Å². The number of pyridine rings is 1. The summed E-state index contributed by atoms with van der Waals surface area (Å²) in [5.74, 6) is 1.47. The molecule has 0 atom stereocenters. The number of rotatable bonds is 9. The van der Waals surface area contributed by atoms with Gasteiger partial charge in [0.15, 0.2) is 0 Å². The molecule has 7 heteroatoms. The zero-order valence-corrected chi connectivity index (χ0v) is 17.4. The molecule has 152 valence electrons. The summed E-state index contributed by atoms with van der Waals surface area (Å²) in [5.41, 5.74) is 1.82. The molecule has 0 aliphatic carbocycles. The van der Waals surface area contributed by atoms with E-state index in [9.17, 15) is 8.42 Å². The number of aromatic nitrogens is 1. The molecule has 0 saturated carbocycles. The molecule has 0 amide bonds. The molecular formula is C22H25N3O3S. The second kappa shape index (κ2) is 9.43. The summed E-state index contributed by atoms with van der Waals surface area (Å²) in [6.45, 7) is 2.85. The Morgan fingerprint density at radius 2 is 1.72 bits per heavy atom. The maximum Gasteiger partial charge on any atom is 0.265 e. The van der Waals surface area contributed by atoms with Crippen LogP contribution in [0.5, 0.6) is 5.75 Å². The van der Waals surface area contributed by atoms with Crippen LogP contribution in [-0.2, 0) is 16.4 Å². The number of sulfonamides is 1. The Labute approximate surface area is 172 Å². The lowest BCUT2D eigenvalue weighted by atomic mass is 10.1. The highest BCUT2D eigenvalue weighted by Crippen LogP contribution is 2.23. The highest BCUT2D eigenvalue weighted by molar-refractivity contribution is 7.92. The van der Waals surface area contributed by atoms with E-state index in [1.165, 1.54) is 16.1 Å². The predicted octanol–water partition coefficient (Wildman–Crippen LogP) is 3.96. The molecule has 0 fully saturated rings. The molecule has 0 unspecified atom stereocenters. The lowest BCUT2D eigenvalue weighted by Crippen LogP contribution is -2.30. The van der Waals surface area contributed by atoms with Crippen LogP contribution in [0.25, 0.3) is 0 Å². The van der Waals surface area contributed by atoms with Gasteiger partial charge >= 0.3 is 0 Å². The zero-order chi connectivity index (χ0) is 20.7. The van der Waals surface area contributed by atoms with Gasteiger partial charge in [0.25, 0.3) is 10.0 Å². The first-order valence-corrected chi connectivity index (χ1v) is 10.9. The minimum Gasteiger partial charge on any atom is -0.497 e. The van der Waals surface area contributed by atoms with E-state index in [0.29, 0.717) is 24.6 Å². The van der Waals surface area contributed by atoms with Crippen molar-refractivity contribution in [2.75, 3.05) is 29.8 Å². The smallest absolute Gasteiger partial charge is 0.265 e. The summed E-state index contributed by atoms with van der Waals surface area (Å²) < 4.78 is 32.5. The van der Waals surface area contributed by atoms with E-state index in [4.69, 9.17) is 4.74 Å². The third-order valence-corrected chi connectivity index (χ3v) is 6.42. The summed E-state index contributed by atoms with van der Waals surface area (Å²) in [6, 6.07) is 20.2. The van der Waals surface area contributed by atoms with E-state index < -0.39 is 10.0 Å². The SMILES string of the molecule is CCN(c1ccccc1)S(=O)(=O)c1ccc(NCCc2ccc(OC)cc2)nc1. The normalized spacial score (nSPS) is 11.1. The molecule has 3 rings (SSSR count). The Balaban J connectivity index is 1.64. The number of methoxy groups -OCH3 is 1. The van der Waals surface area contributed by atoms with Crippen molar-refractivity contribution in [3.05, 3.63) is 78.5 Å². The van der Waals surface area contributed by atoms with Gasteiger partial charge in [-0.3, -0.25) is 4.31 Å². The molecule has 1 aromatic heterocycles. The molecule has 0 spiro atoms. The number of para-hydroxylation sites is 1. The quantitative estimate of drug-likeness (QED) is 0.577. The van der Waals surface area contributed by atoms with Crippen LogP contribution in [-0.4, -0.2) is 33.6 Å². The zero-order valence-electron chi connectivity index (χ0n) is 16.6. The van der Waals surface area contributed by atoms with Gasteiger partial charge in [0.2, 0.25) is 0 Å². The highest BCUT2D eigenvalue weighted by Gasteiger charge is 2.23. The van der Waals surface area contributed by atoms with Crippen molar-refractivity contribution in [3.63, 3.8) is 0 Å². The molecular weight excluding hydrogens is 386 g/mol. The van der Waals surface area contributed by atoms with E-state index in [2.05, 4.69) is 10.3 Å². The molecule has 29 heavy (non-hydrogen) atoms. The average Bonchev–Trinajstić information content (AvgIpc) is 2.76. The van der Waals surface area contributed by atoms with Gasteiger partial charge in [-0.2, -0.15) is 0 Å². The van der Waals surface area contributed by atoms with Crippen LogP contribution in [0, 0.1) is 0 Å². The van der Waals surface area contributed by atoms with E-state index in [1.54, 1.807) is 31.4 Å². The number of nitrogens with one attached hydrogen (secondary N) is 1. The van der Waals surface area contributed by atoms with Gasteiger partial charge in [-0.25, -0.2) is 13.4 Å². The summed E-state index contributed by atoms with van der Waals surface area (Å²) in [4.78, 5) is 4.45. The second-order valence-corrected chi connectivity index (χ2v) is 8.27. The van der Waals surface area contributed by atoms with Crippen molar-refractivity contribution in [1.29, 1.82) is 0 Å². The first kappa shape index (κ1) is 20.7. The predicted molar refractivity (Wildman–Crippen MR) is 116 cm³/mol. The average molecular weight is 412 g/mol. The molecule has 0 bridgehead atoms. The van der Waals surface area contributed by atoms with Gasteiger partial charge < -0.3 is 10.1 Å². The molecule has 0 aliphatic rings. The Morgan fingerprint density at radius 1 is 1.00 bits per heavy atom. The molecule has 6 nitrogen and oxygen atoms in total. The van der Waals surface area contributed by atoms with Gasteiger partial charge in [0.05, 0.1) is 12.8 Å². The van der Waals surface area contributed by atoms with E-state index >= 15 is 0 Å². The van der Waals surface area contributed by atoms with Crippen LogP contribution in [0.15, 0.2) is 77.8 Å². The van der Waals surface area contributed by atoms with Gasteiger partial charge in [-0.05, 0) is 55.3 Å². The summed E-state index contributed by atoms with van der Waals surface area (Å²) in [7, 11) is -2.02. The van der Waals surface area contributed by atoms with Crippen molar-refractivity contribution in [2.45, 2.75) is 18.2 Å². The van der Waals surface area contributed by atoms with Crippen molar-refractivity contribution in [2.24, 2.45) is 0 Å². The number of hydrogen-bond donors (Lipinski definition) is 1. The monoisotopic (exact) mass is 411 g/mol. The number of benzene rings is 2. The Kier molecular flexibility index (Phi) is 6.72. The fourth-order valence-electron chi connectivity index (χ4n) is 2.98. The van der Waals surface area contributed by atoms with Crippen molar-refractivity contribution in [1.82, 2.24) is 4.98 Å². The minimum atomic E-state index is -3.66. The fraction of sp³-hybridized carbons (Fsp3) is 0.227. The van der Waals surface area contributed by atoms with Crippen LogP contribution in [0.1, 0.15) is 12.5 Å². The van der Waals surface area contributed by atoms with E-state index in [-0.39, 0.29) is 4.90 Å². The van der Waals surface area contributed by atoms with Crippen LogP contribution in [0.3, 0.4) is 0 Å². The van der Waals surface area contributed by atoms with E-state index in [0.717, 1.165) is 12.2 Å². The number of hydrogen-bond acceptors (Lipinski definition) is 5. The highest BCUT2D eigenvalue weighted by atomic mass is 32.2. The molecule has 3 aromatic rings. The van der Waals surface area contributed by atoms with Crippen molar-refractivity contribution < 1.29 is 13.2 Å². The summed E-state index contributed by atoms with van der Waals surface area (Å²) in [5, 5.41) is 3.22. The standard InChI is InChI=1S/C22H25N3O3S/c1-3-25(19-7-5-4-6-8-19)29(26,27)21-13-14-22(24-17-21)23-16-15-18-9-11-20(28-2)12-10-18/h4-14,17H,3,15-16H2,1-2H3,(H,23,24). The molecule has 2 aromatic carbocycles. The van der Waals surface area contributed by atoms with Crippen LogP contribution in [0.2, 0.25) is 0 Å². The van der Waals surface area contributed by atoms with Crippen molar-refractivity contribution in [3.8, 4) is 5.75 Å². The lowest BCUT2D eigenvalue weighted by molar-refractivity contribution is 0.414. The molecule has 1 N–H and O–H groups in total. The van der Waals surface area contributed by atoms with E-state index in [1.807, 2.05) is 49.4 Å². The van der Waals surface area contributed by atoms with Gasteiger partial charge in [-0.15, -0.1) is 0 Å². The summed E-state index contributed by atoms with van der Waals surface area (Å²) >= 11 is 0. The maximum absolute atomic E-state index is 13.0. The second-order valence-electron chi connectivity index (χ2n) is 6.41. The van der Waals surface area contributed by atoms with Crippen molar-refractivity contribution >= 4 is 21.5 Å². The largest absolute Gasteiger partial charge is 0.497 e. The number of nitrogens with zero attached hydrogens (tertiary/aromatic N) is 2. The topological polar surface area (TPSA) is 71.5 Å². The third-order valence-electron chi connectivity index (χ3n) is 4.53. The fourth-order valence-corrected chi connectivity index (χ4v) is 4.40. The number of ether oxygens (including phenoxy) is 1. The first-order chi connectivity index (χ1) is 14.0. The Bertz CT molecular complexity index is 1010. The minimum absolute atomic E-state index is 0.170. The van der Waals surface area contributed by atoms with Crippen LogP contribution < -0.4 is 14.4 Å². The third kappa shape index (κ3) is 5.06. The molecule has 1 heterocycles. The summed E-state index contributed by atoms with van der Waals surface area (Å²) in [6.07, 6.45) is 2.22. The van der Waals surface area contributed by atoms with Gasteiger partial charge in [0, 0.05) is 19.3 Å². The molecule has 0 radical (unpaired) electrons.